The minimum absolute atomic E-state index is 0.0904. The van der Waals surface area contributed by atoms with Crippen LogP contribution in [0.3, 0.4) is 0 Å². The van der Waals surface area contributed by atoms with Gasteiger partial charge in [0.05, 0.1) is 12.5 Å². The van der Waals surface area contributed by atoms with E-state index in [4.69, 9.17) is 21.4 Å². The van der Waals surface area contributed by atoms with Crippen molar-refractivity contribution in [1.82, 2.24) is 0 Å². The van der Waals surface area contributed by atoms with E-state index in [9.17, 15) is 0 Å². The van der Waals surface area contributed by atoms with E-state index in [0.29, 0.717) is 6.61 Å². The minimum atomic E-state index is -1.13. The van der Waals surface area contributed by atoms with Crippen LogP contribution in [0.1, 0.15) is 13.8 Å². The Kier molecular flexibility index (Phi) is 4.26. The Morgan fingerprint density at radius 1 is 1.70 bits per heavy atom. The molecule has 0 saturated carbocycles. The van der Waals surface area contributed by atoms with Crippen LogP contribution in [0.4, 0.5) is 0 Å². The Morgan fingerprint density at radius 2 is 2.30 bits per heavy atom. The average Bonchev–Trinajstić information content (AvgIpc) is 1.89. The van der Waals surface area contributed by atoms with Crippen molar-refractivity contribution in [2.75, 3.05) is 12.5 Å². The average molecular weight is 163 g/mol. The number of hydrogen-bond donors (Lipinski definition) is 1. The summed E-state index contributed by atoms with van der Waals surface area (Å²) in [6.45, 7) is 3.88. The Hall–Kier alpha value is -0.390. The van der Waals surface area contributed by atoms with Gasteiger partial charge in [0.15, 0.2) is 0 Å². The third kappa shape index (κ3) is 4.49. The third-order valence-corrected chi connectivity index (χ3v) is 1.32. The van der Waals surface area contributed by atoms with Crippen molar-refractivity contribution < 1.29 is 9.84 Å². The van der Waals surface area contributed by atoms with E-state index in [1.807, 2.05) is 6.92 Å². The zero-order valence-corrected chi connectivity index (χ0v) is 6.90. The molecule has 0 spiro atoms. The molecule has 58 valence electrons. The van der Waals surface area contributed by atoms with Gasteiger partial charge in [0.25, 0.3) is 0 Å². The van der Waals surface area contributed by atoms with Crippen molar-refractivity contribution in [3.63, 3.8) is 0 Å². The fourth-order valence-electron chi connectivity index (χ4n) is 0.252. The van der Waals surface area contributed by atoms with Crippen LogP contribution in [0.15, 0.2) is 0 Å². The fraction of sp³-hybridized carbons (Fsp3) is 0.714. The summed E-state index contributed by atoms with van der Waals surface area (Å²) in [7, 11) is 0. The second kappa shape index (κ2) is 4.43. The summed E-state index contributed by atoms with van der Waals surface area (Å²) in [4.78, 5) is 0. The number of ether oxygens (including phenoxy) is 1. The summed E-state index contributed by atoms with van der Waals surface area (Å²) >= 11 is 5.36. The highest BCUT2D eigenvalue weighted by Gasteiger charge is 2.14. The Bertz CT molecular complexity index is 143. The molecule has 0 amide bonds. The number of hydrogen-bond acceptors (Lipinski definition) is 2. The van der Waals surface area contributed by atoms with Gasteiger partial charge in [-0.15, -0.1) is 11.6 Å². The molecule has 0 aromatic heterocycles. The molecule has 0 aliphatic rings. The summed E-state index contributed by atoms with van der Waals surface area (Å²) in [6.07, 6.45) is 2.34. The SMILES string of the molecule is CCOC#CC(C)(O)CCl. The van der Waals surface area contributed by atoms with Gasteiger partial charge in [-0.1, -0.05) is 0 Å². The second-order valence-electron chi connectivity index (χ2n) is 2.07. The third-order valence-electron chi connectivity index (χ3n) is 0.797. The van der Waals surface area contributed by atoms with E-state index in [1.165, 1.54) is 6.92 Å². The smallest absolute Gasteiger partial charge is 0.139 e. The lowest BCUT2D eigenvalue weighted by molar-refractivity contribution is 0.145. The maximum absolute atomic E-state index is 9.16. The highest BCUT2D eigenvalue weighted by atomic mass is 35.5. The molecule has 0 aliphatic carbocycles. The van der Waals surface area contributed by atoms with Crippen LogP contribution in [-0.2, 0) is 4.74 Å². The first-order valence-electron chi connectivity index (χ1n) is 3.04. The highest BCUT2D eigenvalue weighted by Crippen LogP contribution is 2.02. The Labute approximate surface area is 66.1 Å². The summed E-state index contributed by atoms with van der Waals surface area (Å²) in [6, 6.07) is 0. The van der Waals surface area contributed by atoms with Crippen molar-refractivity contribution in [2.24, 2.45) is 0 Å². The molecule has 0 rings (SSSR count). The second-order valence-corrected chi connectivity index (χ2v) is 2.33. The lowest BCUT2D eigenvalue weighted by atomic mass is 10.2. The predicted octanol–water partition coefficient (Wildman–Crippen LogP) is 0.974. The van der Waals surface area contributed by atoms with Gasteiger partial charge < -0.3 is 9.84 Å². The predicted molar refractivity (Wildman–Crippen MR) is 40.7 cm³/mol. The number of halogens is 1. The van der Waals surface area contributed by atoms with Gasteiger partial charge in [0.2, 0.25) is 0 Å². The van der Waals surface area contributed by atoms with E-state index < -0.39 is 5.60 Å². The van der Waals surface area contributed by atoms with Crippen LogP contribution in [0.2, 0.25) is 0 Å². The zero-order valence-electron chi connectivity index (χ0n) is 6.15. The molecule has 3 heteroatoms. The molecule has 1 N–H and O–H groups in total. The normalized spacial score (nSPS) is 14.8. The molecule has 0 saturated heterocycles. The van der Waals surface area contributed by atoms with Gasteiger partial charge in [0, 0.05) is 0 Å². The first kappa shape index (κ1) is 9.61. The van der Waals surface area contributed by atoms with Crippen molar-refractivity contribution in [2.45, 2.75) is 19.4 Å². The number of rotatable bonds is 2. The summed E-state index contributed by atoms with van der Waals surface area (Å²) in [5.74, 6) is 2.55. The number of alkyl halides is 1. The molecule has 1 atom stereocenters. The molecule has 0 aliphatic heterocycles. The van der Waals surface area contributed by atoms with Crippen LogP contribution in [0.5, 0.6) is 0 Å². The highest BCUT2D eigenvalue weighted by molar-refractivity contribution is 6.18. The Morgan fingerprint density at radius 3 is 2.70 bits per heavy atom. The molecule has 0 aromatic carbocycles. The quantitative estimate of drug-likeness (QED) is 0.485. The van der Waals surface area contributed by atoms with Crippen LogP contribution in [-0.4, -0.2) is 23.2 Å². The van der Waals surface area contributed by atoms with Crippen molar-refractivity contribution >= 4 is 11.6 Å². The zero-order chi connectivity index (χ0) is 8.04. The summed E-state index contributed by atoms with van der Waals surface area (Å²) in [5.41, 5.74) is -1.13. The van der Waals surface area contributed by atoms with Crippen molar-refractivity contribution in [3.8, 4) is 12.0 Å². The van der Waals surface area contributed by atoms with Gasteiger partial charge in [-0.2, -0.15) is 0 Å². The first-order valence-corrected chi connectivity index (χ1v) is 3.58. The molecule has 0 radical (unpaired) electrons. The van der Waals surface area contributed by atoms with Gasteiger partial charge in [0.1, 0.15) is 11.7 Å². The van der Waals surface area contributed by atoms with Gasteiger partial charge in [-0.25, -0.2) is 0 Å². The molecular weight excluding hydrogens is 152 g/mol. The van der Waals surface area contributed by atoms with Crippen LogP contribution >= 0.6 is 11.6 Å². The molecular formula is C7H11ClO2. The standard InChI is InChI=1S/C7H11ClO2/c1-3-10-5-4-7(2,9)6-8/h9H,3,6H2,1-2H3. The molecule has 2 nitrogen and oxygen atoms in total. The summed E-state index contributed by atoms with van der Waals surface area (Å²) < 4.78 is 4.69. The van der Waals surface area contributed by atoms with E-state index >= 15 is 0 Å². The molecule has 0 bridgehead atoms. The maximum atomic E-state index is 9.16. The van der Waals surface area contributed by atoms with E-state index in [2.05, 4.69) is 12.0 Å². The topological polar surface area (TPSA) is 29.5 Å². The Balaban J connectivity index is 3.77. The van der Waals surface area contributed by atoms with Crippen molar-refractivity contribution in [1.29, 1.82) is 0 Å². The largest absolute Gasteiger partial charge is 0.447 e. The van der Waals surface area contributed by atoms with Crippen molar-refractivity contribution in [3.05, 3.63) is 0 Å². The molecule has 10 heavy (non-hydrogen) atoms. The molecule has 0 fully saturated rings. The maximum Gasteiger partial charge on any atom is 0.139 e. The van der Waals surface area contributed by atoms with E-state index in [-0.39, 0.29) is 5.88 Å². The van der Waals surface area contributed by atoms with E-state index in [0.717, 1.165) is 0 Å². The van der Waals surface area contributed by atoms with Crippen LogP contribution in [0.25, 0.3) is 0 Å². The minimum Gasteiger partial charge on any atom is -0.447 e. The van der Waals surface area contributed by atoms with Gasteiger partial charge in [-0.3, -0.25) is 0 Å². The van der Waals surface area contributed by atoms with Gasteiger partial charge in [-0.05, 0) is 19.8 Å². The molecule has 1 unspecified atom stereocenters. The van der Waals surface area contributed by atoms with Gasteiger partial charge >= 0.3 is 0 Å². The van der Waals surface area contributed by atoms with Crippen LogP contribution < -0.4 is 0 Å². The molecule has 0 heterocycles. The lowest BCUT2D eigenvalue weighted by Gasteiger charge is -2.09. The lowest BCUT2D eigenvalue weighted by Crippen LogP contribution is -2.23. The fourth-order valence-corrected chi connectivity index (χ4v) is 0.318. The van der Waals surface area contributed by atoms with Crippen LogP contribution in [0, 0.1) is 12.0 Å². The molecule has 0 aromatic rings. The van der Waals surface area contributed by atoms with E-state index in [1.54, 1.807) is 0 Å². The monoisotopic (exact) mass is 162 g/mol. The number of aliphatic hydroxyl groups is 1. The first-order chi connectivity index (χ1) is 4.62. The summed E-state index contributed by atoms with van der Waals surface area (Å²) in [5, 5.41) is 9.16.